The van der Waals surface area contributed by atoms with Gasteiger partial charge < -0.3 is 9.47 Å². The van der Waals surface area contributed by atoms with Gasteiger partial charge in [-0.2, -0.15) is 17.5 Å². The number of sulfonamides is 1. The molecule has 1 aromatic rings. The first kappa shape index (κ1) is 19.8. The molecule has 1 aliphatic rings. The lowest BCUT2D eigenvalue weighted by molar-refractivity contribution is -0.212. The summed E-state index contributed by atoms with van der Waals surface area (Å²) in [7, 11) is -1.79. The van der Waals surface area contributed by atoms with Gasteiger partial charge in [-0.25, -0.2) is 8.42 Å². The van der Waals surface area contributed by atoms with E-state index in [0.29, 0.717) is 4.31 Å². The topological polar surface area (TPSA) is 55.8 Å². The highest BCUT2D eigenvalue weighted by Gasteiger charge is 2.63. The predicted molar refractivity (Wildman–Crippen MR) is 86.4 cm³/mol. The zero-order chi connectivity index (χ0) is 18.9. The second kappa shape index (κ2) is 7.03. The van der Waals surface area contributed by atoms with Crippen molar-refractivity contribution in [2.75, 3.05) is 20.8 Å². The molecule has 1 aliphatic heterocycles. The minimum atomic E-state index is -4.65. The molecule has 25 heavy (non-hydrogen) atoms. The van der Waals surface area contributed by atoms with Crippen LogP contribution in [-0.4, -0.2) is 45.2 Å². The highest BCUT2D eigenvalue weighted by molar-refractivity contribution is 7.89. The zero-order valence-electron chi connectivity index (χ0n) is 14.4. The van der Waals surface area contributed by atoms with Crippen LogP contribution in [0.4, 0.5) is 13.2 Å². The summed E-state index contributed by atoms with van der Waals surface area (Å²) < 4.78 is 78.5. The highest BCUT2D eigenvalue weighted by atomic mass is 32.2. The van der Waals surface area contributed by atoms with Gasteiger partial charge in [0.2, 0.25) is 10.0 Å². The van der Waals surface area contributed by atoms with Crippen LogP contribution in [0.3, 0.4) is 0 Å². The molecule has 2 rings (SSSR count). The summed E-state index contributed by atoms with van der Waals surface area (Å²) in [5.41, 5.74) is -2.38. The van der Waals surface area contributed by atoms with E-state index >= 15 is 0 Å². The molecule has 1 atom stereocenters. The zero-order valence-corrected chi connectivity index (χ0v) is 15.2. The molecule has 9 heteroatoms. The monoisotopic (exact) mass is 381 g/mol. The van der Waals surface area contributed by atoms with Crippen molar-refractivity contribution < 1.29 is 31.1 Å². The summed E-state index contributed by atoms with van der Waals surface area (Å²) in [4.78, 5) is -0.319. The summed E-state index contributed by atoms with van der Waals surface area (Å²) in [6.45, 7) is 1.44. The fraction of sp³-hybridized carbons (Fsp3) is 0.625. The van der Waals surface area contributed by atoms with E-state index in [1.54, 1.807) is 6.92 Å². The van der Waals surface area contributed by atoms with Gasteiger partial charge in [-0.3, -0.25) is 0 Å². The van der Waals surface area contributed by atoms with Crippen LogP contribution in [-0.2, 0) is 10.0 Å². The Morgan fingerprint density at radius 2 is 1.92 bits per heavy atom. The van der Waals surface area contributed by atoms with Crippen LogP contribution < -0.4 is 9.47 Å². The average Bonchev–Trinajstić information content (AvgIpc) is 3.00. The predicted octanol–water partition coefficient (Wildman–Crippen LogP) is 3.59. The van der Waals surface area contributed by atoms with Crippen LogP contribution in [0.1, 0.15) is 32.6 Å². The quantitative estimate of drug-likeness (QED) is 0.756. The molecule has 0 radical (unpaired) electrons. The van der Waals surface area contributed by atoms with Gasteiger partial charge in [-0.05, 0) is 31.4 Å². The van der Waals surface area contributed by atoms with Crippen LogP contribution in [0.25, 0.3) is 0 Å². The number of ether oxygens (including phenoxy) is 2. The third-order valence-electron chi connectivity index (χ3n) is 4.56. The molecule has 0 saturated carbocycles. The molecule has 0 aromatic heterocycles. The van der Waals surface area contributed by atoms with Crippen molar-refractivity contribution in [3.63, 3.8) is 0 Å². The number of rotatable bonds is 6. The molecule has 1 saturated heterocycles. The van der Waals surface area contributed by atoms with E-state index in [2.05, 4.69) is 0 Å². The molecule has 0 spiro atoms. The van der Waals surface area contributed by atoms with Gasteiger partial charge in [0.05, 0.1) is 14.2 Å². The summed E-state index contributed by atoms with van der Waals surface area (Å²) >= 11 is 0. The second-order valence-electron chi connectivity index (χ2n) is 5.98. The number of alkyl halides is 3. The van der Waals surface area contributed by atoms with E-state index in [1.807, 2.05) is 0 Å². The maximum absolute atomic E-state index is 13.9. The third kappa shape index (κ3) is 3.31. The van der Waals surface area contributed by atoms with Crippen LogP contribution in [0, 0.1) is 0 Å². The fourth-order valence-electron chi connectivity index (χ4n) is 3.40. The SMILES string of the molecule is CCC[C@@]1(C(F)(F)F)CCCN1S(=O)(=O)c1cc(OC)ccc1OC. The van der Waals surface area contributed by atoms with Gasteiger partial charge in [-0.1, -0.05) is 13.3 Å². The smallest absolute Gasteiger partial charge is 0.407 e. The molecule has 5 nitrogen and oxygen atoms in total. The van der Waals surface area contributed by atoms with E-state index in [-0.39, 0.29) is 48.6 Å². The first-order chi connectivity index (χ1) is 11.6. The van der Waals surface area contributed by atoms with E-state index in [1.165, 1.54) is 32.4 Å². The van der Waals surface area contributed by atoms with Crippen LogP contribution in [0.15, 0.2) is 23.1 Å². The highest BCUT2D eigenvalue weighted by Crippen LogP contribution is 2.49. The minimum Gasteiger partial charge on any atom is -0.497 e. The first-order valence-electron chi connectivity index (χ1n) is 7.95. The Morgan fingerprint density at radius 3 is 2.44 bits per heavy atom. The number of nitrogens with zero attached hydrogens (tertiary/aromatic N) is 1. The number of halogens is 3. The maximum Gasteiger partial charge on any atom is 0.407 e. The van der Waals surface area contributed by atoms with E-state index in [9.17, 15) is 21.6 Å². The van der Waals surface area contributed by atoms with E-state index in [0.717, 1.165) is 0 Å². The van der Waals surface area contributed by atoms with Crippen molar-refractivity contribution in [1.82, 2.24) is 4.31 Å². The second-order valence-corrected chi connectivity index (χ2v) is 7.81. The normalized spacial score (nSPS) is 22.2. The Morgan fingerprint density at radius 1 is 1.24 bits per heavy atom. The molecule has 0 amide bonds. The fourth-order valence-corrected chi connectivity index (χ4v) is 5.42. The van der Waals surface area contributed by atoms with Gasteiger partial charge in [0.15, 0.2) is 0 Å². The van der Waals surface area contributed by atoms with E-state index < -0.39 is 21.7 Å². The lowest BCUT2D eigenvalue weighted by Gasteiger charge is -2.39. The van der Waals surface area contributed by atoms with Crippen LogP contribution in [0.5, 0.6) is 11.5 Å². The largest absolute Gasteiger partial charge is 0.497 e. The first-order valence-corrected chi connectivity index (χ1v) is 9.39. The van der Waals surface area contributed by atoms with Crippen molar-refractivity contribution in [3.05, 3.63) is 18.2 Å². The molecule has 1 aromatic carbocycles. The summed E-state index contributed by atoms with van der Waals surface area (Å²) in [5, 5.41) is 0. The number of hydrogen-bond acceptors (Lipinski definition) is 4. The molecule has 1 fully saturated rings. The summed E-state index contributed by atoms with van der Waals surface area (Å²) in [6.07, 6.45) is -4.79. The number of methoxy groups -OCH3 is 2. The van der Waals surface area contributed by atoms with E-state index in [4.69, 9.17) is 9.47 Å². The summed E-state index contributed by atoms with van der Waals surface area (Å²) in [6, 6.07) is 4.06. The number of benzene rings is 1. The molecule has 0 aliphatic carbocycles. The third-order valence-corrected chi connectivity index (χ3v) is 6.55. The molecule has 0 bridgehead atoms. The van der Waals surface area contributed by atoms with Gasteiger partial charge in [0.25, 0.3) is 0 Å². The standard InChI is InChI=1S/C16H22F3NO4S/c1-4-8-15(16(17,18)19)9-5-10-20(15)25(21,22)14-11-12(23-2)6-7-13(14)24-3/h6-7,11H,4-5,8-10H2,1-3H3/t15-/m0/s1. The van der Waals surface area contributed by atoms with Crippen molar-refractivity contribution in [1.29, 1.82) is 0 Å². The maximum atomic E-state index is 13.9. The van der Waals surface area contributed by atoms with Crippen molar-refractivity contribution in [2.24, 2.45) is 0 Å². The lowest BCUT2D eigenvalue weighted by Crippen LogP contribution is -2.57. The van der Waals surface area contributed by atoms with Crippen molar-refractivity contribution in [3.8, 4) is 11.5 Å². The van der Waals surface area contributed by atoms with Gasteiger partial charge in [0.1, 0.15) is 21.9 Å². The van der Waals surface area contributed by atoms with Crippen LogP contribution in [0.2, 0.25) is 0 Å². The Balaban J connectivity index is 2.62. The number of hydrogen-bond donors (Lipinski definition) is 0. The molecular weight excluding hydrogens is 359 g/mol. The molecule has 1 heterocycles. The Labute approximate surface area is 145 Å². The lowest BCUT2D eigenvalue weighted by atomic mass is 9.91. The molecule has 0 unspecified atom stereocenters. The Hall–Kier alpha value is -1.48. The molecular formula is C16H22F3NO4S. The molecule has 142 valence electrons. The van der Waals surface area contributed by atoms with Crippen LogP contribution >= 0.6 is 0 Å². The minimum absolute atomic E-state index is 0.0136. The molecule has 0 N–H and O–H groups in total. The van der Waals surface area contributed by atoms with Gasteiger partial charge >= 0.3 is 6.18 Å². The Kier molecular flexibility index (Phi) is 5.58. The van der Waals surface area contributed by atoms with Gasteiger partial charge in [0, 0.05) is 12.6 Å². The summed E-state index contributed by atoms with van der Waals surface area (Å²) in [5.74, 6) is 0.215. The Bertz CT molecular complexity index is 721. The van der Waals surface area contributed by atoms with Crippen molar-refractivity contribution in [2.45, 2.75) is 49.2 Å². The van der Waals surface area contributed by atoms with Crippen molar-refractivity contribution >= 4 is 10.0 Å². The van der Waals surface area contributed by atoms with Gasteiger partial charge in [-0.15, -0.1) is 0 Å². The average molecular weight is 381 g/mol.